The molecule has 0 unspecified atom stereocenters. The highest BCUT2D eigenvalue weighted by Crippen LogP contribution is 2.16. The number of rotatable bonds is 39. The highest BCUT2D eigenvalue weighted by Gasteiger charge is 2.16. The predicted octanol–water partition coefficient (Wildman–Crippen LogP) is 15.4. The van der Waals surface area contributed by atoms with Gasteiger partial charge >= 0.3 is 0 Å². The number of hydrogen-bond acceptors (Lipinski definition) is 0. The average Bonchev–Trinajstić information content (AvgIpc) is 3.47. The lowest BCUT2D eigenvalue weighted by Crippen LogP contribution is -2.37. The molecule has 0 saturated carbocycles. The largest absolute Gasteiger partial charge is 0.256 e. The molecule has 0 aliphatic heterocycles. The Morgan fingerprint density at radius 2 is 0.660 bits per heavy atom. The first-order chi connectivity index (χ1) is 23.3. The van der Waals surface area contributed by atoms with Crippen molar-refractivity contribution in [3.05, 3.63) is 18.2 Å². The van der Waals surface area contributed by atoms with Crippen molar-refractivity contribution in [2.75, 3.05) is 0 Å². The minimum atomic E-state index is 1.23. The third-order valence-corrected chi connectivity index (χ3v) is 10.8. The fraction of sp³-hybridized carbons (Fsp3) is 0.933. The summed E-state index contributed by atoms with van der Waals surface area (Å²) in [6.07, 6.45) is 57.9. The first-order valence-electron chi connectivity index (χ1n) is 22.4. The third-order valence-electron chi connectivity index (χ3n) is 10.8. The normalized spacial score (nSPS) is 11.6. The van der Waals surface area contributed by atoms with Crippen molar-refractivity contribution in [3.63, 3.8) is 0 Å². The molecule has 0 N–H and O–H groups in total. The summed E-state index contributed by atoms with van der Waals surface area (Å²) in [5.74, 6) is 1.62. The highest BCUT2D eigenvalue weighted by atomic mass is 15.1. The van der Waals surface area contributed by atoms with E-state index in [4.69, 9.17) is 0 Å². The molecule has 1 rings (SSSR count). The number of aromatic nitrogens is 2. The maximum Gasteiger partial charge on any atom is 0.256 e. The standard InChI is InChI=1S/C45H89N2/c1-4-7-10-13-16-18-20-22-23-24-25-27-29-31-33-36-39-42-47-44-43-46(41-38-35-15-12-9-6-3)45(47)40-37-34-32-30-28-26-21-19-17-14-11-8-5-2/h43-44H,4-42H2,1-3H3/q+1. The zero-order chi connectivity index (χ0) is 33.7. The van der Waals surface area contributed by atoms with Crippen LogP contribution in [0.2, 0.25) is 0 Å². The van der Waals surface area contributed by atoms with Crippen LogP contribution in [-0.2, 0) is 19.5 Å². The molecule has 278 valence electrons. The van der Waals surface area contributed by atoms with Gasteiger partial charge in [0.2, 0.25) is 0 Å². The van der Waals surface area contributed by atoms with Gasteiger partial charge in [-0.05, 0) is 32.1 Å². The van der Waals surface area contributed by atoms with Gasteiger partial charge in [-0.2, -0.15) is 0 Å². The van der Waals surface area contributed by atoms with E-state index in [1.807, 2.05) is 0 Å². The molecule has 0 radical (unpaired) electrons. The van der Waals surface area contributed by atoms with E-state index in [0.29, 0.717) is 0 Å². The van der Waals surface area contributed by atoms with Crippen LogP contribution in [0.3, 0.4) is 0 Å². The third kappa shape index (κ3) is 28.7. The van der Waals surface area contributed by atoms with Crippen LogP contribution in [0.15, 0.2) is 12.4 Å². The van der Waals surface area contributed by atoms with Gasteiger partial charge in [0.05, 0.1) is 13.1 Å². The van der Waals surface area contributed by atoms with Gasteiger partial charge in [0.15, 0.2) is 0 Å². The molecule has 0 aliphatic carbocycles. The zero-order valence-electron chi connectivity index (χ0n) is 33.1. The molecule has 2 nitrogen and oxygen atoms in total. The number of aryl methyl sites for hydroxylation is 2. The maximum atomic E-state index is 2.64. The fourth-order valence-corrected chi connectivity index (χ4v) is 7.56. The molecule has 0 spiro atoms. The summed E-state index contributed by atoms with van der Waals surface area (Å²) in [6.45, 7) is 9.41. The summed E-state index contributed by atoms with van der Waals surface area (Å²) in [5.41, 5.74) is 0. The molecule has 0 fully saturated rings. The van der Waals surface area contributed by atoms with E-state index >= 15 is 0 Å². The molecular formula is C45H89N2+. The minimum Gasteiger partial charge on any atom is -0.234 e. The second kappa shape index (κ2) is 36.5. The Morgan fingerprint density at radius 3 is 1.02 bits per heavy atom. The second-order valence-electron chi connectivity index (χ2n) is 15.5. The van der Waals surface area contributed by atoms with Gasteiger partial charge in [0.1, 0.15) is 12.4 Å². The molecule has 47 heavy (non-hydrogen) atoms. The minimum absolute atomic E-state index is 1.23. The van der Waals surface area contributed by atoms with Gasteiger partial charge in [-0.25, -0.2) is 9.13 Å². The fourth-order valence-electron chi connectivity index (χ4n) is 7.56. The molecule has 0 aliphatic rings. The highest BCUT2D eigenvalue weighted by molar-refractivity contribution is 4.84. The van der Waals surface area contributed by atoms with Gasteiger partial charge in [0, 0.05) is 6.42 Å². The Morgan fingerprint density at radius 1 is 0.362 bits per heavy atom. The summed E-state index contributed by atoms with van der Waals surface area (Å²) in [6, 6.07) is 0. The van der Waals surface area contributed by atoms with Crippen LogP contribution >= 0.6 is 0 Å². The molecule has 0 saturated heterocycles. The summed E-state index contributed by atoms with van der Waals surface area (Å²) >= 11 is 0. The molecule has 0 aromatic carbocycles. The van der Waals surface area contributed by atoms with Gasteiger partial charge in [0.25, 0.3) is 5.82 Å². The number of nitrogens with zero attached hydrogens (tertiary/aromatic N) is 2. The lowest BCUT2D eigenvalue weighted by molar-refractivity contribution is -0.704. The van der Waals surface area contributed by atoms with Crippen LogP contribution in [0.4, 0.5) is 0 Å². The molecule has 0 amide bonds. The molecule has 2 heteroatoms. The summed E-state index contributed by atoms with van der Waals surface area (Å²) in [4.78, 5) is 0. The predicted molar refractivity (Wildman–Crippen MR) is 212 cm³/mol. The Kier molecular flexibility index (Phi) is 34.3. The summed E-state index contributed by atoms with van der Waals surface area (Å²) in [5, 5.41) is 0. The maximum absolute atomic E-state index is 2.64. The van der Waals surface area contributed by atoms with E-state index in [9.17, 15) is 0 Å². The van der Waals surface area contributed by atoms with Crippen LogP contribution < -0.4 is 4.57 Å². The van der Waals surface area contributed by atoms with Crippen LogP contribution in [0, 0.1) is 0 Å². The summed E-state index contributed by atoms with van der Waals surface area (Å²) in [7, 11) is 0. The van der Waals surface area contributed by atoms with Crippen molar-refractivity contribution < 1.29 is 4.57 Å². The van der Waals surface area contributed by atoms with Crippen molar-refractivity contribution in [3.8, 4) is 0 Å². The van der Waals surface area contributed by atoms with Crippen molar-refractivity contribution in [2.24, 2.45) is 0 Å². The molecule has 0 atom stereocenters. The van der Waals surface area contributed by atoms with E-state index in [2.05, 4.69) is 42.3 Å². The van der Waals surface area contributed by atoms with Gasteiger partial charge in [-0.3, -0.25) is 0 Å². The van der Waals surface area contributed by atoms with Crippen LogP contribution in [0.5, 0.6) is 0 Å². The Labute approximate surface area is 298 Å². The van der Waals surface area contributed by atoms with E-state index in [-0.39, 0.29) is 0 Å². The second-order valence-corrected chi connectivity index (χ2v) is 15.5. The zero-order valence-corrected chi connectivity index (χ0v) is 33.1. The number of hydrogen-bond donors (Lipinski definition) is 0. The Balaban J connectivity index is 2.18. The van der Waals surface area contributed by atoms with E-state index in [1.54, 1.807) is 5.82 Å². The first kappa shape index (κ1) is 44.2. The molecule has 1 aromatic heterocycles. The topological polar surface area (TPSA) is 8.81 Å². The van der Waals surface area contributed by atoms with Crippen LogP contribution in [-0.4, -0.2) is 4.57 Å². The quantitative estimate of drug-likeness (QED) is 0.0492. The van der Waals surface area contributed by atoms with E-state index in [0.717, 1.165) is 0 Å². The van der Waals surface area contributed by atoms with Crippen LogP contribution in [0.1, 0.15) is 258 Å². The van der Waals surface area contributed by atoms with Gasteiger partial charge in [-0.15, -0.1) is 0 Å². The Bertz CT molecular complexity index is 722. The first-order valence-corrected chi connectivity index (χ1v) is 22.4. The lowest BCUT2D eigenvalue weighted by atomic mass is 10.0. The van der Waals surface area contributed by atoms with Crippen molar-refractivity contribution in [2.45, 2.75) is 271 Å². The number of unbranched alkanes of at least 4 members (excludes halogenated alkanes) is 33. The lowest BCUT2D eigenvalue weighted by Gasteiger charge is -2.07. The van der Waals surface area contributed by atoms with Crippen molar-refractivity contribution in [1.29, 1.82) is 0 Å². The van der Waals surface area contributed by atoms with Crippen LogP contribution in [0.25, 0.3) is 0 Å². The van der Waals surface area contributed by atoms with Gasteiger partial charge < -0.3 is 0 Å². The number of imidazole rings is 1. The smallest absolute Gasteiger partial charge is 0.234 e. The van der Waals surface area contributed by atoms with Gasteiger partial charge in [-0.1, -0.05) is 220 Å². The molecular weight excluding hydrogens is 569 g/mol. The van der Waals surface area contributed by atoms with Crippen molar-refractivity contribution >= 4 is 0 Å². The molecule has 1 heterocycles. The average molecular weight is 658 g/mol. The van der Waals surface area contributed by atoms with E-state index < -0.39 is 0 Å². The molecule has 0 bridgehead atoms. The molecule has 1 aromatic rings. The van der Waals surface area contributed by atoms with Crippen molar-refractivity contribution in [1.82, 2.24) is 4.57 Å². The Hall–Kier alpha value is -0.790. The SMILES string of the molecule is CCCCCCCCCCCCCCCCCCCn1cc[n+](CCCCCCCC)c1CCCCCCCCCCCCCCC. The monoisotopic (exact) mass is 658 g/mol. The summed E-state index contributed by atoms with van der Waals surface area (Å²) < 4.78 is 5.27. The van der Waals surface area contributed by atoms with E-state index in [1.165, 1.54) is 251 Å².